The van der Waals surface area contributed by atoms with E-state index in [1.54, 1.807) is 0 Å². The number of amides is 1. The van der Waals surface area contributed by atoms with Crippen LogP contribution in [0.25, 0.3) is 0 Å². The molecule has 2 atom stereocenters. The molecular weight excluding hydrogens is 294 g/mol. The Hall–Kier alpha value is -1.85. The molecular formula is C17H25N3O3. The first-order valence-corrected chi connectivity index (χ1v) is 8.35. The molecule has 23 heavy (non-hydrogen) atoms. The molecule has 3 rings (SSSR count). The smallest absolute Gasteiger partial charge is 0.293 e. The number of hydrogen-bond donors (Lipinski definition) is 2. The number of hydrogen-bond acceptors (Lipinski definition) is 4. The van der Waals surface area contributed by atoms with Gasteiger partial charge < -0.3 is 15.0 Å². The van der Waals surface area contributed by atoms with Gasteiger partial charge in [0, 0.05) is 5.92 Å². The third-order valence-corrected chi connectivity index (χ3v) is 5.27. The van der Waals surface area contributed by atoms with Gasteiger partial charge >= 0.3 is 0 Å². The predicted octanol–water partition coefficient (Wildman–Crippen LogP) is 1.96. The van der Waals surface area contributed by atoms with Gasteiger partial charge in [-0.05, 0) is 44.9 Å². The maximum Gasteiger partial charge on any atom is 0.293 e. The van der Waals surface area contributed by atoms with Crippen LogP contribution in [0.15, 0.2) is 11.0 Å². The lowest BCUT2D eigenvalue weighted by Crippen LogP contribution is -2.46. The molecule has 2 fully saturated rings. The van der Waals surface area contributed by atoms with Crippen LogP contribution in [0.1, 0.15) is 51.8 Å². The van der Waals surface area contributed by atoms with Gasteiger partial charge in [0.1, 0.15) is 5.82 Å². The van der Waals surface area contributed by atoms with Gasteiger partial charge in [-0.1, -0.05) is 12.8 Å². The van der Waals surface area contributed by atoms with Crippen LogP contribution in [0.3, 0.4) is 0 Å². The van der Waals surface area contributed by atoms with E-state index >= 15 is 0 Å². The highest BCUT2D eigenvalue weighted by Crippen LogP contribution is 2.44. The molecule has 1 aromatic heterocycles. The summed E-state index contributed by atoms with van der Waals surface area (Å²) in [4.78, 5) is 31.5. The second-order valence-corrected chi connectivity index (χ2v) is 7.46. The first kappa shape index (κ1) is 16.0. The van der Waals surface area contributed by atoms with Gasteiger partial charge in [-0.25, -0.2) is 4.98 Å². The molecule has 2 saturated carbocycles. The lowest BCUT2D eigenvalue weighted by molar-refractivity contribution is -0.128. The number of aromatic amines is 1. The number of aromatic nitrogens is 2. The molecule has 2 aliphatic carbocycles. The molecule has 1 heterocycles. The van der Waals surface area contributed by atoms with E-state index in [2.05, 4.69) is 15.3 Å². The number of rotatable bonds is 4. The van der Waals surface area contributed by atoms with Gasteiger partial charge in [0.25, 0.3) is 5.56 Å². The lowest BCUT2D eigenvalue weighted by atomic mass is 9.80. The maximum atomic E-state index is 12.7. The van der Waals surface area contributed by atoms with E-state index in [1.165, 1.54) is 32.6 Å². The Morgan fingerprint density at radius 1 is 1.30 bits per heavy atom. The number of carbonyl (C=O) groups excluding carboxylic acids is 1. The van der Waals surface area contributed by atoms with Crippen LogP contribution in [-0.2, 0) is 10.3 Å². The quantitative estimate of drug-likeness (QED) is 0.888. The monoisotopic (exact) mass is 319 g/mol. The fraction of sp³-hybridized carbons (Fsp3) is 0.706. The molecule has 6 heteroatoms. The van der Waals surface area contributed by atoms with Crippen molar-refractivity contribution in [1.82, 2.24) is 15.3 Å². The van der Waals surface area contributed by atoms with Crippen LogP contribution in [0.2, 0.25) is 0 Å². The first-order chi connectivity index (χ1) is 10.9. The van der Waals surface area contributed by atoms with Crippen LogP contribution < -0.4 is 15.6 Å². The summed E-state index contributed by atoms with van der Waals surface area (Å²) in [5, 5.41) is 3.06. The molecule has 0 aromatic carbocycles. The van der Waals surface area contributed by atoms with Crippen LogP contribution in [0.4, 0.5) is 0 Å². The van der Waals surface area contributed by atoms with E-state index in [-0.39, 0.29) is 23.1 Å². The fourth-order valence-electron chi connectivity index (χ4n) is 4.04. The van der Waals surface area contributed by atoms with Crippen molar-refractivity contribution in [3.05, 3.63) is 22.4 Å². The van der Waals surface area contributed by atoms with Crippen LogP contribution in [0, 0.1) is 17.8 Å². The van der Waals surface area contributed by atoms with Gasteiger partial charge in [-0.3, -0.25) is 9.59 Å². The van der Waals surface area contributed by atoms with Crippen LogP contribution in [0.5, 0.6) is 5.75 Å². The van der Waals surface area contributed by atoms with Crippen molar-refractivity contribution in [2.24, 2.45) is 17.8 Å². The Labute approximate surface area is 136 Å². The molecule has 126 valence electrons. The normalized spacial score (nSPS) is 26.8. The summed E-state index contributed by atoms with van der Waals surface area (Å²) < 4.78 is 4.93. The summed E-state index contributed by atoms with van der Waals surface area (Å²) in [5.74, 6) is 2.20. The highest BCUT2D eigenvalue weighted by molar-refractivity contribution is 5.79. The Bertz CT molecular complexity index is 641. The molecule has 0 spiro atoms. The molecule has 2 aliphatic rings. The predicted molar refractivity (Wildman–Crippen MR) is 86.1 cm³/mol. The van der Waals surface area contributed by atoms with Gasteiger partial charge in [-0.15, -0.1) is 0 Å². The second kappa shape index (κ2) is 5.98. The summed E-state index contributed by atoms with van der Waals surface area (Å²) >= 11 is 0. The highest BCUT2D eigenvalue weighted by Gasteiger charge is 2.38. The molecule has 2 bridgehead atoms. The number of methoxy groups -OCH3 is 1. The third kappa shape index (κ3) is 3.26. The van der Waals surface area contributed by atoms with Crippen LogP contribution in [-0.4, -0.2) is 23.0 Å². The van der Waals surface area contributed by atoms with E-state index in [9.17, 15) is 9.59 Å². The van der Waals surface area contributed by atoms with Gasteiger partial charge in [-0.2, -0.15) is 0 Å². The summed E-state index contributed by atoms with van der Waals surface area (Å²) in [6.07, 6.45) is 7.20. The lowest BCUT2D eigenvalue weighted by Gasteiger charge is -2.31. The molecule has 0 aliphatic heterocycles. The minimum Gasteiger partial charge on any atom is -0.490 e. The van der Waals surface area contributed by atoms with Crippen LogP contribution >= 0.6 is 0 Å². The zero-order valence-electron chi connectivity index (χ0n) is 14.0. The average molecular weight is 319 g/mol. The molecule has 0 radical (unpaired) electrons. The fourth-order valence-corrected chi connectivity index (χ4v) is 4.04. The largest absolute Gasteiger partial charge is 0.490 e. The van der Waals surface area contributed by atoms with Crippen molar-refractivity contribution in [1.29, 1.82) is 0 Å². The first-order valence-electron chi connectivity index (χ1n) is 8.35. The number of fused-ring (bicyclic) bond motifs is 2. The molecule has 0 saturated heterocycles. The van der Waals surface area contributed by atoms with E-state index < -0.39 is 5.54 Å². The van der Waals surface area contributed by atoms with Gasteiger partial charge in [0.15, 0.2) is 0 Å². The van der Waals surface area contributed by atoms with Gasteiger partial charge in [0.05, 0.1) is 18.8 Å². The minimum atomic E-state index is -0.723. The Morgan fingerprint density at radius 2 is 1.96 bits per heavy atom. The molecule has 2 unspecified atom stereocenters. The second-order valence-electron chi connectivity index (χ2n) is 7.46. The summed E-state index contributed by atoms with van der Waals surface area (Å²) in [5.41, 5.74) is -1.06. The highest BCUT2D eigenvalue weighted by atomic mass is 16.5. The molecule has 1 amide bonds. The SMILES string of the molecule is COc1cnc(C(C)(C)NC(=O)C2CC3CCC(C3)C2)[nH]c1=O. The Balaban J connectivity index is 1.71. The van der Waals surface area contributed by atoms with E-state index in [0.717, 1.165) is 12.8 Å². The topological polar surface area (TPSA) is 84.1 Å². The Morgan fingerprint density at radius 3 is 2.52 bits per heavy atom. The van der Waals surface area contributed by atoms with Crippen molar-refractivity contribution in [2.75, 3.05) is 7.11 Å². The molecule has 2 N–H and O–H groups in total. The zero-order valence-corrected chi connectivity index (χ0v) is 14.0. The number of H-pyrrole nitrogens is 1. The summed E-state index contributed by atoms with van der Waals surface area (Å²) in [6, 6.07) is 0. The minimum absolute atomic E-state index is 0.0741. The number of ether oxygens (including phenoxy) is 1. The zero-order chi connectivity index (χ0) is 16.6. The number of nitrogens with one attached hydrogen (secondary N) is 2. The Kier molecular flexibility index (Phi) is 4.17. The van der Waals surface area contributed by atoms with Crippen molar-refractivity contribution in [2.45, 2.75) is 51.5 Å². The average Bonchev–Trinajstić information content (AvgIpc) is 2.85. The molecule has 1 aromatic rings. The standard InChI is InChI=1S/C17H25N3O3/c1-17(2,16-18-9-13(23-3)15(22)19-16)20-14(21)12-7-10-4-5-11(6-10)8-12/h9-12H,4-8H2,1-3H3,(H,20,21)(H,18,19,22). The van der Waals surface area contributed by atoms with Gasteiger partial charge in [0.2, 0.25) is 11.7 Å². The van der Waals surface area contributed by atoms with Crippen molar-refractivity contribution in [3.8, 4) is 5.75 Å². The van der Waals surface area contributed by atoms with E-state index in [4.69, 9.17) is 4.74 Å². The number of nitrogens with zero attached hydrogens (tertiary/aromatic N) is 1. The molecule has 6 nitrogen and oxygen atoms in total. The van der Waals surface area contributed by atoms with Crippen molar-refractivity contribution < 1.29 is 9.53 Å². The number of carbonyl (C=O) groups is 1. The van der Waals surface area contributed by atoms with E-state index in [1.807, 2.05) is 13.8 Å². The van der Waals surface area contributed by atoms with Crippen molar-refractivity contribution >= 4 is 5.91 Å². The summed E-state index contributed by atoms with van der Waals surface area (Å²) in [7, 11) is 1.43. The maximum absolute atomic E-state index is 12.7. The third-order valence-electron chi connectivity index (χ3n) is 5.27. The van der Waals surface area contributed by atoms with E-state index in [0.29, 0.717) is 17.7 Å². The van der Waals surface area contributed by atoms with Crippen molar-refractivity contribution in [3.63, 3.8) is 0 Å². The summed E-state index contributed by atoms with van der Waals surface area (Å²) in [6.45, 7) is 3.71.